The highest BCUT2D eigenvalue weighted by Gasteiger charge is 2.46. The van der Waals surface area contributed by atoms with Crippen LogP contribution in [0.1, 0.15) is 22.3 Å². The van der Waals surface area contributed by atoms with Gasteiger partial charge in [-0.25, -0.2) is 4.52 Å². The molecule has 0 amide bonds. The third-order valence-corrected chi connectivity index (χ3v) is 12.7. The summed E-state index contributed by atoms with van der Waals surface area (Å²) in [7, 11) is 0. The number of thiophene rings is 1. The second-order valence-electron chi connectivity index (χ2n) is 14.4. The zero-order valence-corrected chi connectivity index (χ0v) is 30.0. The summed E-state index contributed by atoms with van der Waals surface area (Å²) in [5, 5.41) is 11.3. The Balaban J connectivity index is 1.15. The van der Waals surface area contributed by atoms with E-state index in [9.17, 15) is 0 Å². The molecular formula is C50H31N3S. The first-order valence-electron chi connectivity index (χ1n) is 18.5. The van der Waals surface area contributed by atoms with Gasteiger partial charge in [0.2, 0.25) is 0 Å². The molecule has 11 aromatic rings. The van der Waals surface area contributed by atoms with Gasteiger partial charge in [0.05, 0.1) is 22.1 Å². The average Bonchev–Trinajstić information content (AvgIpc) is 3.97. The molecule has 4 heterocycles. The van der Waals surface area contributed by atoms with E-state index in [2.05, 4.69) is 193 Å². The first-order chi connectivity index (χ1) is 26.8. The van der Waals surface area contributed by atoms with Crippen molar-refractivity contribution in [3.8, 4) is 28.1 Å². The molecule has 3 nitrogen and oxygen atoms in total. The molecule has 54 heavy (non-hydrogen) atoms. The van der Waals surface area contributed by atoms with Crippen molar-refractivity contribution < 1.29 is 0 Å². The number of benzene rings is 7. The van der Waals surface area contributed by atoms with Gasteiger partial charge in [-0.3, -0.25) is 0 Å². The van der Waals surface area contributed by atoms with Crippen LogP contribution in [-0.2, 0) is 5.41 Å². The van der Waals surface area contributed by atoms with Gasteiger partial charge in [0, 0.05) is 43.7 Å². The summed E-state index contributed by atoms with van der Waals surface area (Å²) in [5.74, 6) is 0. The normalized spacial score (nSPS) is 13.3. The van der Waals surface area contributed by atoms with Crippen LogP contribution in [-0.4, -0.2) is 14.2 Å². The van der Waals surface area contributed by atoms with E-state index in [1.807, 2.05) is 15.9 Å². The van der Waals surface area contributed by atoms with Crippen LogP contribution in [0.15, 0.2) is 188 Å². The number of hydrogen-bond donors (Lipinski definition) is 0. The largest absolute Gasteiger partial charge is 0.301 e. The van der Waals surface area contributed by atoms with Gasteiger partial charge in [-0.15, -0.1) is 11.3 Å². The average molecular weight is 706 g/mol. The first-order valence-corrected chi connectivity index (χ1v) is 19.3. The lowest BCUT2D eigenvalue weighted by Gasteiger charge is -2.34. The maximum absolute atomic E-state index is 5.07. The molecule has 1 aliphatic carbocycles. The molecule has 0 fully saturated rings. The summed E-state index contributed by atoms with van der Waals surface area (Å²) >= 11 is 1.87. The van der Waals surface area contributed by atoms with Crippen LogP contribution in [0.3, 0.4) is 0 Å². The van der Waals surface area contributed by atoms with E-state index in [1.54, 1.807) is 0 Å². The van der Waals surface area contributed by atoms with Gasteiger partial charge in [-0.05, 0) is 81.2 Å². The van der Waals surface area contributed by atoms with Crippen molar-refractivity contribution in [2.75, 3.05) is 0 Å². The van der Waals surface area contributed by atoms with Crippen molar-refractivity contribution in [1.29, 1.82) is 0 Å². The van der Waals surface area contributed by atoms with Gasteiger partial charge in [-0.2, -0.15) is 5.10 Å². The molecule has 0 saturated heterocycles. The highest BCUT2D eigenvalue weighted by molar-refractivity contribution is 7.25. The third-order valence-electron chi connectivity index (χ3n) is 11.6. The molecule has 7 aromatic carbocycles. The Hall–Kier alpha value is -6.75. The summed E-state index contributed by atoms with van der Waals surface area (Å²) in [6, 6.07) is 66.9. The van der Waals surface area contributed by atoms with E-state index in [0.717, 1.165) is 22.5 Å². The molecule has 252 valence electrons. The summed E-state index contributed by atoms with van der Waals surface area (Å²) in [6.07, 6.45) is 2.13. The zero-order valence-electron chi connectivity index (χ0n) is 29.1. The van der Waals surface area contributed by atoms with Crippen LogP contribution >= 0.6 is 11.3 Å². The van der Waals surface area contributed by atoms with Gasteiger partial charge >= 0.3 is 0 Å². The minimum Gasteiger partial charge on any atom is -0.301 e. The lowest BCUT2D eigenvalue weighted by atomic mass is 9.67. The van der Waals surface area contributed by atoms with Crippen molar-refractivity contribution in [3.63, 3.8) is 0 Å². The zero-order chi connectivity index (χ0) is 35.4. The lowest BCUT2D eigenvalue weighted by Crippen LogP contribution is -2.28. The van der Waals surface area contributed by atoms with E-state index in [4.69, 9.17) is 5.10 Å². The molecule has 0 aliphatic heterocycles. The predicted octanol–water partition coefficient (Wildman–Crippen LogP) is 12.8. The standard InChI is InChI=1S/C50H31N3S/c1-3-17-35(18-4-1)50(36-19-5-2-6-20-36)43-24-11-9-22-39(43)41-30-46-42(29-44(41)50)48-40-23-10-12-25-47(40)54-49(48)53(46)37-21-13-16-33(27-37)45-28-38-26-32-14-7-8-15-34(32)31-52(38)51-45/h1-31H. The topological polar surface area (TPSA) is 22.2 Å². The summed E-state index contributed by atoms with van der Waals surface area (Å²) < 4.78 is 5.80. The Labute approximate surface area is 315 Å². The van der Waals surface area contributed by atoms with Crippen molar-refractivity contribution >= 4 is 58.8 Å². The second kappa shape index (κ2) is 11.1. The fraction of sp³-hybridized carbons (Fsp3) is 0.0200. The van der Waals surface area contributed by atoms with Gasteiger partial charge in [0.1, 0.15) is 4.83 Å². The van der Waals surface area contributed by atoms with E-state index in [1.165, 1.54) is 75.4 Å². The van der Waals surface area contributed by atoms with Crippen molar-refractivity contribution in [3.05, 3.63) is 210 Å². The molecular weight excluding hydrogens is 675 g/mol. The smallest absolute Gasteiger partial charge is 0.109 e. The van der Waals surface area contributed by atoms with Gasteiger partial charge < -0.3 is 4.57 Å². The van der Waals surface area contributed by atoms with E-state index in [0.29, 0.717) is 0 Å². The predicted molar refractivity (Wildman–Crippen MR) is 225 cm³/mol. The van der Waals surface area contributed by atoms with Crippen LogP contribution in [0, 0.1) is 0 Å². The highest BCUT2D eigenvalue weighted by Crippen LogP contribution is 2.58. The molecule has 0 N–H and O–H groups in total. The Kier molecular flexibility index (Phi) is 6.14. The number of aromatic nitrogens is 3. The van der Waals surface area contributed by atoms with Gasteiger partial charge in [-0.1, -0.05) is 140 Å². The summed E-state index contributed by atoms with van der Waals surface area (Å²) in [5.41, 5.74) is 12.8. The van der Waals surface area contributed by atoms with Crippen LogP contribution in [0.5, 0.6) is 0 Å². The van der Waals surface area contributed by atoms with E-state index < -0.39 is 5.41 Å². The molecule has 0 atom stereocenters. The SMILES string of the molecule is c1ccc(C2(c3ccccc3)c3ccccc3-c3cc4c(cc32)c2c3ccccc3sc2n4-c2cccc(-c3cc4cc5ccccc5cn4n3)c2)cc1. The quantitative estimate of drug-likeness (QED) is 0.179. The van der Waals surface area contributed by atoms with Gasteiger partial charge in [0.25, 0.3) is 0 Å². The number of pyridine rings is 1. The molecule has 1 aliphatic rings. The summed E-state index contributed by atoms with van der Waals surface area (Å²) in [4.78, 5) is 1.26. The fourth-order valence-electron chi connectivity index (χ4n) is 9.29. The maximum Gasteiger partial charge on any atom is 0.109 e. The molecule has 0 saturated carbocycles. The van der Waals surface area contributed by atoms with E-state index in [-0.39, 0.29) is 0 Å². The monoisotopic (exact) mass is 705 g/mol. The minimum atomic E-state index is -0.462. The highest BCUT2D eigenvalue weighted by atomic mass is 32.1. The third kappa shape index (κ3) is 4.03. The second-order valence-corrected chi connectivity index (χ2v) is 15.4. The Morgan fingerprint density at radius 3 is 2.07 bits per heavy atom. The Morgan fingerprint density at radius 1 is 0.519 bits per heavy atom. The number of fused-ring (bicyclic) bond motifs is 10. The van der Waals surface area contributed by atoms with Crippen molar-refractivity contribution in [2.45, 2.75) is 5.41 Å². The van der Waals surface area contributed by atoms with Crippen LogP contribution in [0.25, 0.3) is 75.6 Å². The van der Waals surface area contributed by atoms with Crippen molar-refractivity contribution in [1.82, 2.24) is 14.2 Å². The molecule has 0 bridgehead atoms. The van der Waals surface area contributed by atoms with Crippen LogP contribution in [0.4, 0.5) is 0 Å². The fourth-order valence-corrected chi connectivity index (χ4v) is 10.5. The first kappa shape index (κ1) is 29.8. The van der Waals surface area contributed by atoms with Crippen molar-refractivity contribution in [2.24, 2.45) is 0 Å². The summed E-state index contributed by atoms with van der Waals surface area (Å²) in [6.45, 7) is 0. The van der Waals surface area contributed by atoms with Crippen LogP contribution < -0.4 is 0 Å². The molecule has 4 aromatic heterocycles. The molecule has 12 rings (SSSR count). The Bertz CT molecular complexity index is 3180. The van der Waals surface area contributed by atoms with E-state index >= 15 is 0 Å². The van der Waals surface area contributed by atoms with Gasteiger partial charge in [0.15, 0.2) is 0 Å². The maximum atomic E-state index is 5.07. The lowest BCUT2D eigenvalue weighted by molar-refractivity contribution is 0.769. The van der Waals surface area contributed by atoms with Crippen LogP contribution in [0.2, 0.25) is 0 Å². The number of rotatable bonds is 4. The number of hydrogen-bond acceptors (Lipinski definition) is 2. The molecule has 4 heteroatoms. The molecule has 0 radical (unpaired) electrons. The molecule has 0 unspecified atom stereocenters. The minimum absolute atomic E-state index is 0.462. The Morgan fingerprint density at radius 2 is 1.24 bits per heavy atom. The number of nitrogens with zero attached hydrogens (tertiary/aromatic N) is 3. The molecule has 0 spiro atoms.